The molecule has 0 amide bonds. The zero-order chi connectivity index (χ0) is 20.5. The SMILES string of the molecule is CCCCC1CCC(c2ccc(CSc3ccc(CCC)cc3C#N)cc2)CC1. The maximum absolute atomic E-state index is 9.49. The number of hydrogen-bond acceptors (Lipinski definition) is 2. The summed E-state index contributed by atoms with van der Waals surface area (Å²) < 4.78 is 0. The minimum atomic E-state index is 0.755. The second-order valence-electron chi connectivity index (χ2n) is 8.58. The molecule has 0 saturated heterocycles. The minimum Gasteiger partial charge on any atom is -0.192 e. The Balaban J connectivity index is 1.53. The average Bonchev–Trinajstić information content (AvgIpc) is 2.77. The minimum absolute atomic E-state index is 0.755. The van der Waals surface area contributed by atoms with Crippen molar-refractivity contribution in [2.45, 2.75) is 88.2 Å². The van der Waals surface area contributed by atoms with Crippen LogP contribution in [0.5, 0.6) is 0 Å². The van der Waals surface area contributed by atoms with Gasteiger partial charge in [0.1, 0.15) is 6.07 Å². The average molecular weight is 406 g/mol. The molecule has 154 valence electrons. The molecule has 0 N–H and O–H groups in total. The van der Waals surface area contributed by atoms with E-state index < -0.39 is 0 Å². The van der Waals surface area contributed by atoms with Crippen LogP contribution in [0.1, 0.15) is 93.4 Å². The molecule has 0 aliphatic heterocycles. The first-order chi connectivity index (χ1) is 14.2. The first kappa shape index (κ1) is 22.0. The molecule has 2 aromatic rings. The summed E-state index contributed by atoms with van der Waals surface area (Å²) in [6.07, 6.45) is 11.9. The van der Waals surface area contributed by atoms with Crippen molar-refractivity contribution < 1.29 is 0 Å². The topological polar surface area (TPSA) is 23.8 Å². The lowest BCUT2D eigenvalue weighted by atomic mass is 9.77. The predicted octanol–water partition coefficient (Wildman–Crippen LogP) is 8.27. The van der Waals surface area contributed by atoms with Crippen molar-refractivity contribution in [1.82, 2.24) is 0 Å². The van der Waals surface area contributed by atoms with Gasteiger partial charge in [0.05, 0.1) is 5.56 Å². The van der Waals surface area contributed by atoms with Gasteiger partial charge < -0.3 is 0 Å². The van der Waals surface area contributed by atoms with Gasteiger partial charge in [-0.25, -0.2) is 0 Å². The maximum Gasteiger partial charge on any atom is 0.100 e. The summed E-state index contributed by atoms with van der Waals surface area (Å²) in [5, 5.41) is 9.49. The molecular weight excluding hydrogens is 370 g/mol. The first-order valence-corrected chi connectivity index (χ1v) is 12.5. The molecule has 1 saturated carbocycles. The highest BCUT2D eigenvalue weighted by Crippen LogP contribution is 2.38. The lowest BCUT2D eigenvalue weighted by Crippen LogP contribution is -2.13. The zero-order valence-electron chi connectivity index (χ0n) is 18.1. The fourth-order valence-corrected chi connectivity index (χ4v) is 5.50. The summed E-state index contributed by atoms with van der Waals surface area (Å²) in [7, 11) is 0. The Morgan fingerprint density at radius 2 is 1.66 bits per heavy atom. The van der Waals surface area contributed by atoms with E-state index in [0.717, 1.165) is 40.9 Å². The number of nitrogens with zero attached hydrogens (tertiary/aromatic N) is 1. The van der Waals surface area contributed by atoms with Crippen LogP contribution in [0.25, 0.3) is 0 Å². The van der Waals surface area contributed by atoms with Crippen molar-refractivity contribution in [1.29, 1.82) is 5.26 Å². The summed E-state index contributed by atoms with van der Waals surface area (Å²) in [6, 6.07) is 18.0. The number of thioether (sulfide) groups is 1. The van der Waals surface area contributed by atoms with Crippen LogP contribution >= 0.6 is 11.8 Å². The first-order valence-electron chi connectivity index (χ1n) is 11.5. The van der Waals surface area contributed by atoms with Crippen molar-refractivity contribution in [2.24, 2.45) is 5.92 Å². The number of benzene rings is 2. The Morgan fingerprint density at radius 1 is 0.931 bits per heavy atom. The fourth-order valence-electron chi connectivity index (χ4n) is 4.56. The van der Waals surface area contributed by atoms with E-state index in [9.17, 15) is 5.26 Å². The third kappa shape index (κ3) is 6.38. The van der Waals surface area contributed by atoms with Crippen molar-refractivity contribution in [2.75, 3.05) is 0 Å². The van der Waals surface area contributed by atoms with Gasteiger partial charge in [0.15, 0.2) is 0 Å². The third-order valence-electron chi connectivity index (χ3n) is 6.36. The molecule has 29 heavy (non-hydrogen) atoms. The molecule has 1 fully saturated rings. The molecule has 1 aliphatic carbocycles. The highest BCUT2D eigenvalue weighted by Gasteiger charge is 2.21. The van der Waals surface area contributed by atoms with Crippen molar-refractivity contribution >= 4 is 11.8 Å². The van der Waals surface area contributed by atoms with Gasteiger partial charge in [-0.1, -0.05) is 69.9 Å². The smallest absolute Gasteiger partial charge is 0.100 e. The van der Waals surface area contributed by atoms with Gasteiger partial charge in [-0.3, -0.25) is 0 Å². The van der Waals surface area contributed by atoms with Crippen molar-refractivity contribution in [3.63, 3.8) is 0 Å². The van der Waals surface area contributed by atoms with Crippen molar-refractivity contribution in [3.8, 4) is 6.07 Å². The quantitative estimate of drug-likeness (QED) is 0.392. The second kappa shape index (κ2) is 11.5. The summed E-state index contributed by atoms with van der Waals surface area (Å²) in [5.41, 5.74) is 4.95. The molecular formula is C27H35NS. The van der Waals surface area contributed by atoms with Gasteiger partial charge in [-0.05, 0) is 72.8 Å². The molecule has 0 bridgehead atoms. The Morgan fingerprint density at radius 3 is 2.31 bits per heavy atom. The van der Waals surface area contributed by atoms with Crippen molar-refractivity contribution in [3.05, 3.63) is 64.7 Å². The lowest BCUT2D eigenvalue weighted by Gasteiger charge is -2.29. The standard InChI is InChI=1S/C27H35NS/c1-3-5-7-21-8-13-24(14-9-21)25-15-10-23(11-16-25)20-29-27-17-12-22(6-4-2)18-26(27)19-28/h10-12,15-18,21,24H,3-9,13-14,20H2,1-2H3. The number of rotatable bonds is 9. The molecule has 2 heteroatoms. The molecule has 1 aliphatic rings. The molecule has 0 unspecified atom stereocenters. The van der Waals surface area contributed by atoms with Crippen LogP contribution in [-0.4, -0.2) is 0 Å². The predicted molar refractivity (Wildman–Crippen MR) is 125 cm³/mol. The van der Waals surface area contributed by atoms with E-state index in [1.165, 1.54) is 61.6 Å². The van der Waals surface area contributed by atoms with Crippen LogP contribution in [0.2, 0.25) is 0 Å². The highest BCUT2D eigenvalue weighted by molar-refractivity contribution is 7.98. The largest absolute Gasteiger partial charge is 0.192 e. The molecule has 2 aromatic carbocycles. The molecule has 0 radical (unpaired) electrons. The molecule has 0 spiro atoms. The van der Waals surface area contributed by atoms with E-state index in [1.807, 2.05) is 0 Å². The normalized spacial score (nSPS) is 19.1. The van der Waals surface area contributed by atoms with E-state index in [2.05, 4.69) is 62.4 Å². The molecule has 0 aromatic heterocycles. The van der Waals surface area contributed by atoms with Gasteiger partial charge in [-0.2, -0.15) is 5.26 Å². The Kier molecular flexibility index (Phi) is 8.69. The second-order valence-corrected chi connectivity index (χ2v) is 9.60. The van der Waals surface area contributed by atoms with Gasteiger partial charge in [0.2, 0.25) is 0 Å². The molecule has 3 rings (SSSR count). The van der Waals surface area contributed by atoms with Crippen LogP contribution < -0.4 is 0 Å². The number of unbranched alkanes of at least 4 members (excludes halogenated alkanes) is 1. The fraction of sp³-hybridized carbons (Fsp3) is 0.519. The van der Waals surface area contributed by atoms with Crippen LogP contribution in [0.15, 0.2) is 47.4 Å². The van der Waals surface area contributed by atoms with E-state index in [-0.39, 0.29) is 0 Å². The molecule has 1 nitrogen and oxygen atoms in total. The van der Waals surface area contributed by atoms with Crippen LogP contribution in [0.3, 0.4) is 0 Å². The van der Waals surface area contributed by atoms with E-state index >= 15 is 0 Å². The maximum atomic E-state index is 9.49. The Labute approximate surface area is 181 Å². The monoisotopic (exact) mass is 405 g/mol. The Hall–Kier alpha value is -1.72. The van der Waals surface area contributed by atoms with Gasteiger partial charge in [0, 0.05) is 10.6 Å². The molecule has 0 heterocycles. The van der Waals surface area contributed by atoms with Crippen LogP contribution in [-0.2, 0) is 12.2 Å². The molecule has 0 atom stereocenters. The number of aryl methyl sites for hydroxylation is 1. The summed E-state index contributed by atoms with van der Waals surface area (Å²) >= 11 is 1.78. The number of nitriles is 1. The van der Waals surface area contributed by atoms with Crippen LogP contribution in [0, 0.1) is 17.2 Å². The van der Waals surface area contributed by atoms with Gasteiger partial charge in [-0.15, -0.1) is 11.8 Å². The van der Waals surface area contributed by atoms with E-state index in [1.54, 1.807) is 11.8 Å². The Bertz CT molecular complexity index is 794. The highest BCUT2D eigenvalue weighted by atomic mass is 32.2. The van der Waals surface area contributed by atoms with E-state index in [0.29, 0.717) is 0 Å². The van der Waals surface area contributed by atoms with E-state index in [4.69, 9.17) is 0 Å². The van der Waals surface area contributed by atoms with Gasteiger partial charge >= 0.3 is 0 Å². The number of hydrogen-bond donors (Lipinski definition) is 0. The lowest BCUT2D eigenvalue weighted by molar-refractivity contribution is 0.304. The third-order valence-corrected chi connectivity index (χ3v) is 7.51. The summed E-state index contributed by atoms with van der Waals surface area (Å²) in [5.74, 6) is 2.65. The zero-order valence-corrected chi connectivity index (χ0v) is 18.9. The summed E-state index contributed by atoms with van der Waals surface area (Å²) in [4.78, 5) is 1.10. The van der Waals surface area contributed by atoms with Crippen LogP contribution in [0.4, 0.5) is 0 Å². The van der Waals surface area contributed by atoms with Gasteiger partial charge in [0.25, 0.3) is 0 Å². The summed E-state index contributed by atoms with van der Waals surface area (Å²) in [6.45, 7) is 4.48.